The molecule has 200 valence electrons. The van der Waals surface area contributed by atoms with Gasteiger partial charge in [0.1, 0.15) is 6.04 Å². The molecule has 1 aromatic heterocycles. The smallest absolute Gasteiger partial charge is 0.321 e. The first-order valence-electron chi connectivity index (χ1n) is 14.4. The Morgan fingerprint density at radius 2 is 1.70 bits per heavy atom. The van der Waals surface area contributed by atoms with Crippen LogP contribution in [0.2, 0.25) is 0 Å². The van der Waals surface area contributed by atoms with Gasteiger partial charge >= 0.3 is 5.97 Å². The summed E-state index contributed by atoms with van der Waals surface area (Å²) >= 11 is 0. The van der Waals surface area contributed by atoms with Gasteiger partial charge < -0.3 is 14.9 Å². The number of rotatable bonds is 9. The lowest BCUT2D eigenvalue weighted by Crippen LogP contribution is -2.48. The molecule has 3 heterocycles. The van der Waals surface area contributed by atoms with E-state index in [-0.39, 0.29) is 12.0 Å². The van der Waals surface area contributed by atoms with Crippen LogP contribution in [0.1, 0.15) is 63.4 Å². The highest BCUT2D eigenvalue weighted by atomic mass is 16.4. The molecule has 0 bridgehead atoms. The quantitative estimate of drug-likeness (QED) is 0.537. The van der Waals surface area contributed by atoms with E-state index in [1.165, 1.54) is 24.8 Å². The molecular weight excluding hydrogens is 462 g/mol. The van der Waals surface area contributed by atoms with Gasteiger partial charge in [-0.25, -0.2) is 9.97 Å². The summed E-state index contributed by atoms with van der Waals surface area (Å²) in [6, 6.07) is 12.8. The Morgan fingerprint density at radius 1 is 1.00 bits per heavy atom. The molecule has 2 aliphatic heterocycles. The molecule has 3 atom stereocenters. The van der Waals surface area contributed by atoms with Crippen molar-refractivity contribution in [2.24, 2.45) is 11.8 Å². The first kappa shape index (κ1) is 26.1. The summed E-state index contributed by atoms with van der Waals surface area (Å²) < 4.78 is 0. The summed E-state index contributed by atoms with van der Waals surface area (Å²) in [6.45, 7) is 8.01. The van der Waals surface area contributed by atoms with Crippen molar-refractivity contribution < 1.29 is 9.90 Å². The lowest BCUT2D eigenvalue weighted by molar-refractivity contribution is -0.145. The van der Waals surface area contributed by atoms with Crippen molar-refractivity contribution in [3.8, 4) is 0 Å². The van der Waals surface area contributed by atoms with Crippen LogP contribution in [0.25, 0.3) is 0 Å². The Morgan fingerprint density at radius 3 is 2.35 bits per heavy atom. The summed E-state index contributed by atoms with van der Waals surface area (Å²) in [5.74, 6) is 1.33. The maximum Gasteiger partial charge on any atom is 0.321 e. The average Bonchev–Trinajstić information content (AvgIpc) is 3.34. The fourth-order valence-electron chi connectivity index (χ4n) is 7.25. The van der Waals surface area contributed by atoms with Crippen LogP contribution in [0.5, 0.6) is 0 Å². The molecule has 0 radical (unpaired) electrons. The number of nitrogens with zero attached hydrogens (tertiary/aromatic N) is 5. The van der Waals surface area contributed by atoms with Gasteiger partial charge in [0.2, 0.25) is 5.95 Å². The van der Waals surface area contributed by atoms with Crippen LogP contribution in [0.3, 0.4) is 0 Å². The molecule has 2 aromatic rings. The largest absolute Gasteiger partial charge is 0.480 e. The molecule has 1 aliphatic carbocycles. The number of carbonyl (C=O) groups is 1. The van der Waals surface area contributed by atoms with Gasteiger partial charge in [-0.05, 0) is 56.1 Å². The molecule has 7 nitrogen and oxygen atoms in total. The Hall–Kier alpha value is -2.51. The van der Waals surface area contributed by atoms with Gasteiger partial charge in [0.05, 0.1) is 0 Å². The molecule has 0 amide bonds. The maximum atomic E-state index is 12.5. The Balaban J connectivity index is 1.26. The van der Waals surface area contributed by atoms with E-state index in [0.717, 1.165) is 70.9 Å². The van der Waals surface area contributed by atoms with E-state index in [0.29, 0.717) is 17.9 Å². The summed E-state index contributed by atoms with van der Waals surface area (Å²) in [6.07, 6.45) is 11.6. The van der Waals surface area contributed by atoms with Crippen molar-refractivity contribution in [3.05, 3.63) is 54.4 Å². The summed E-state index contributed by atoms with van der Waals surface area (Å²) in [5, 5.41) is 10.3. The molecule has 5 rings (SSSR count). The third kappa shape index (κ3) is 6.15. The molecule has 37 heavy (non-hydrogen) atoms. The van der Waals surface area contributed by atoms with Crippen LogP contribution in [0.4, 0.5) is 5.95 Å². The van der Waals surface area contributed by atoms with E-state index < -0.39 is 5.97 Å². The van der Waals surface area contributed by atoms with Crippen molar-refractivity contribution in [3.63, 3.8) is 0 Å². The van der Waals surface area contributed by atoms with Gasteiger partial charge in [0.25, 0.3) is 0 Å². The first-order chi connectivity index (χ1) is 18.1. The zero-order chi connectivity index (χ0) is 25.6. The Labute approximate surface area is 221 Å². The Kier molecular flexibility index (Phi) is 8.72. The number of benzene rings is 1. The first-order valence-corrected chi connectivity index (χ1v) is 14.4. The van der Waals surface area contributed by atoms with Crippen molar-refractivity contribution in [1.29, 1.82) is 0 Å². The van der Waals surface area contributed by atoms with Crippen LogP contribution in [0.15, 0.2) is 48.8 Å². The van der Waals surface area contributed by atoms with E-state index >= 15 is 0 Å². The highest BCUT2D eigenvalue weighted by Crippen LogP contribution is 2.38. The molecule has 1 N–H and O–H groups in total. The number of hydrogen-bond acceptors (Lipinski definition) is 6. The van der Waals surface area contributed by atoms with E-state index in [1.807, 2.05) is 18.5 Å². The number of aromatic nitrogens is 2. The second kappa shape index (κ2) is 12.4. The Bertz CT molecular complexity index is 976. The molecule has 1 aromatic carbocycles. The molecule has 1 saturated carbocycles. The second-order valence-corrected chi connectivity index (χ2v) is 11.3. The lowest BCUT2D eigenvalue weighted by atomic mass is 9.83. The molecule has 3 aliphatic rings. The van der Waals surface area contributed by atoms with Crippen molar-refractivity contribution in [2.75, 3.05) is 44.2 Å². The molecule has 3 fully saturated rings. The normalized spacial score (nSPS) is 25.2. The second-order valence-electron chi connectivity index (χ2n) is 11.3. The van der Waals surface area contributed by atoms with Crippen LogP contribution in [-0.4, -0.2) is 82.2 Å². The van der Waals surface area contributed by atoms with E-state index in [1.54, 1.807) is 0 Å². The summed E-state index contributed by atoms with van der Waals surface area (Å²) in [4.78, 5) is 28.8. The van der Waals surface area contributed by atoms with Crippen LogP contribution < -0.4 is 4.90 Å². The van der Waals surface area contributed by atoms with Gasteiger partial charge in [-0.3, -0.25) is 9.69 Å². The number of carboxylic acids is 1. The predicted octanol–water partition coefficient (Wildman–Crippen LogP) is 4.52. The minimum absolute atomic E-state index is 0.289. The van der Waals surface area contributed by atoms with Gasteiger partial charge in [0, 0.05) is 63.6 Å². The van der Waals surface area contributed by atoms with E-state index in [9.17, 15) is 9.90 Å². The zero-order valence-electron chi connectivity index (χ0n) is 22.3. The number of likely N-dealkylation sites (tertiary alicyclic amines) is 2. The molecule has 7 heteroatoms. The predicted molar refractivity (Wildman–Crippen MR) is 147 cm³/mol. The molecule has 0 spiro atoms. The SMILES string of the molecule is CCN(c1ncccn1)C1CCN(C[C@H]2CN([C@@H](C(=O)O)C3CCCCC3)C[C@@H]2c2ccccc2)CC1. The number of carboxylic acid groups (broad SMARTS) is 1. The molecule has 2 saturated heterocycles. The van der Waals surface area contributed by atoms with Crippen molar-refractivity contribution >= 4 is 11.9 Å². The number of anilines is 1. The third-order valence-electron chi connectivity index (χ3n) is 9.08. The molecule has 0 unspecified atom stereocenters. The van der Waals surface area contributed by atoms with Crippen LogP contribution in [-0.2, 0) is 4.79 Å². The van der Waals surface area contributed by atoms with Crippen molar-refractivity contribution in [1.82, 2.24) is 19.8 Å². The summed E-state index contributed by atoms with van der Waals surface area (Å²) in [7, 11) is 0. The molecular formula is C30H43N5O2. The van der Waals surface area contributed by atoms with E-state index in [2.05, 4.69) is 61.9 Å². The fourth-order valence-corrected chi connectivity index (χ4v) is 7.25. The monoisotopic (exact) mass is 505 g/mol. The minimum atomic E-state index is -0.622. The number of hydrogen-bond donors (Lipinski definition) is 1. The lowest BCUT2D eigenvalue weighted by Gasteiger charge is -2.39. The topological polar surface area (TPSA) is 72.8 Å². The van der Waals surface area contributed by atoms with E-state index in [4.69, 9.17) is 0 Å². The maximum absolute atomic E-state index is 12.5. The van der Waals surface area contributed by atoms with Gasteiger partial charge in [0.15, 0.2) is 0 Å². The highest BCUT2D eigenvalue weighted by Gasteiger charge is 2.43. The minimum Gasteiger partial charge on any atom is -0.480 e. The van der Waals surface area contributed by atoms with Crippen molar-refractivity contribution in [2.45, 2.75) is 69.9 Å². The van der Waals surface area contributed by atoms with Gasteiger partial charge in [-0.1, -0.05) is 49.6 Å². The average molecular weight is 506 g/mol. The van der Waals surface area contributed by atoms with Crippen LogP contribution in [0, 0.1) is 11.8 Å². The van der Waals surface area contributed by atoms with Gasteiger partial charge in [-0.2, -0.15) is 0 Å². The van der Waals surface area contributed by atoms with Crippen LogP contribution >= 0.6 is 0 Å². The zero-order valence-corrected chi connectivity index (χ0v) is 22.3. The number of aliphatic carboxylic acids is 1. The third-order valence-corrected chi connectivity index (χ3v) is 9.08. The highest BCUT2D eigenvalue weighted by molar-refractivity contribution is 5.74. The van der Waals surface area contributed by atoms with Gasteiger partial charge in [-0.15, -0.1) is 0 Å². The standard InChI is InChI=1S/C30H43N5O2/c1-2-35(30-31-16-9-17-32-30)26-14-18-33(19-15-26)20-25-21-34(22-27(25)23-10-5-3-6-11-23)28(29(36)37)24-12-7-4-8-13-24/h3,5-6,9-11,16-17,24-28H,2,4,7-8,12-15,18-22H2,1H3,(H,36,37)/t25-,27+,28+/m0/s1. The summed E-state index contributed by atoms with van der Waals surface area (Å²) in [5.41, 5.74) is 1.36. The number of piperidine rings is 1. The fraction of sp³-hybridized carbons (Fsp3) is 0.633.